The Bertz CT molecular complexity index is 585. The SMILES string of the molecule is CCOC(=O)c1cc2cc(Br)cc(C=O)c2o1. The van der Waals surface area contributed by atoms with E-state index in [0.717, 1.165) is 4.47 Å². The summed E-state index contributed by atoms with van der Waals surface area (Å²) in [7, 11) is 0. The quantitative estimate of drug-likeness (QED) is 0.645. The van der Waals surface area contributed by atoms with Crippen LogP contribution in [0.3, 0.4) is 0 Å². The third kappa shape index (κ3) is 2.24. The lowest BCUT2D eigenvalue weighted by atomic mass is 10.2. The molecule has 0 aliphatic carbocycles. The van der Waals surface area contributed by atoms with Crippen LogP contribution in [0.1, 0.15) is 27.8 Å². The van der Waals surface area contributed by atoms with Crippen LogP contribution in [-0.2, 0) is 4.74 Å². The average molecular weight is 297 g/mol. The van der Waals surface area contributed by atoms with Crippen molar-refractivity contribution in [2.45, 2.75) is 6.92 Å². The maximum Gasteiger partial charge on any atom is 0.374 e. The molecule has 0 spiro atoms. The molecule has 0 radical (unpaired) electrons. The highest BCUT2D eigenvalue weighted by molar-refractivity contribution is 9.10. The number of esters is 1. The molecule has 4 nitrogen and oxygen atoms in total. The Morgan fingerprint density at radius 1 is 1.47 bits per heavy atom. The van der Waals surface area contributed by atoms with Crippen LogP contribution in [0.15, 0.2) is 27.1 Å². The minimum Gasteiger partial charge on any atom is -0.460 e. The smallest absolute Gasteiger partial charge is 0.374 e. The van der Waals surface area contributed by atoms with Crippen molar-refractivity contribution in [2.75, 3.05) is 6.61 Å². The van der Waals surface area contributed by atoms with Crippen molar-refractivity contribution in [1.29, 1.82) is 0 Å². The van der Waals surface area contributed by atoms with Crippen molar-refractivity contribution >= 4 is 39.2 Å². The van der Waals surface area contributed by atoms with E-state index in [4.69, 9.17) is 9.15 Å². The molecule has 0 fully saturated rings. The number of hydrogen-bond acceptors (Lipinski definition) is 4. The van der Waals surface area contributed by atoms with E-state index in [2.05, 4.69) is 15.9 Å². The summed E-state index contributed by atoms with van der Waals surface area (Å²) < 4.78 is 10.9. The van der Waals surface area contributed by atoms with E-state index >= 15 is 0 Å². The van der Waals surface area contributed by atoms with Crippen molar-refractivity contribution in [1.82, 2.24) is 0 Å². The third-order valence-corrected chi connectivity index (χ3v) is 2.67. The van der Waals surface area contributed by atoms with Crippen molar-refractivity contribution < 1.29 is 18.7 Å². The molecule has 0 N–H and O–H groups in total. The van der Waals surface area contributed by atoms with Crippen LogP contribution in [-0.4, -0.2) is 18.9 Å². The second-order valence-electron chi connectivity index (χ2n) is 3.36. The van der Waals surface area contributed by atoms with Crippen LogP contribution in [0.2, 0.25) is 0 Å². The summed E-state index contributed by atoms with van der Waals surface area (Å²) in [6.07, 6.45) is 0.686. The van der Waals surface area contributed by atoms with Gasteiger partial charge in [-0.05, 0) is 25.1 Å². The number of furan rings is 1. The van der Waals surface area contributed by atoms with Crippen LogP contribution in [0.5, 0.6) is 0 Å². The highest BCUT2D eigenvalue weighted by atomic mass is 79.9. The molecule has 0 amide bonds. The summed E-state index contributed by atoms with van der Waals surface area (Å²) in [5.74, 6) is -0.431. The summed E-state index contributed by atoms with van der Waals surface area (Å²) in [5, 5.41) is 0.685. The van der Waals surface area contributed by atoms with Crippen LogP contribution in [0, 0.1) is 0 Å². The molecular formula is C12H9BrO4. The number of hydrogen-bond donors (Lipinski definition) is 0. The van der Waals surface area contributed by atoms with Crippen molar-refractivity contribution in [3.63, 3.8) is 0 Å². The van der Waals surface area contributed by atoms with E-state index in [-0.39, 0.29) is 12.4 Å². The van der Waals surface area contributed by atoms with Crippen LogP contribution >= 0.6 is 15.9 Å². The third-order valence-electron chi connectivity index (χ3n) is 2.21. The second-order valence-corrected chi connectivity index (χ2v) is 4.28. The first-order valence-electron chi connectivity index (χ1n) is 5.01. The molecular weight excluding hydrogens is 288 g/mol. The Kier molecular flexibility index (Phi) is 3.28. The number of benzene rings is 1. The number of carbonyl (C=O) groups is 2. The van der Waals surface area contributed by atoms with E-state index in [1.165, 1.54) is 0 Å². The van der Waals surface area contributed by atoms with Gasteiger partial charge >= 0.3 is 5.97 Å². The monoisotopic (exact) mass is 296 g/mol. The van der Waals surface area contributed by atoms with E-state index in [0.29, 0.717) is 22.8 Å². The Morgan fingerprint density at radius 2 is 2.24 bits per heavy atom. The molecule has 17 heavy (non-hydrogen) atoms. The second kappa shape index (κ2) is 4.71. The zero-order chi connectivity index (χ0) is 12.4. The molecule has 1 heterocycles. The van der Waals surface area contributed by atoms with Gasteiger partial charge in [0.1, 0.15) is 5.58 Å². The van der Waals surface area contributed by atoms with Gasteiger partial charge in [0.25, 0.3) is 0 Å². The van der Waals surface area contributed by atoms with Gasteiger partial charge in [0.2, 0.25) is 5.76 Å². The van der Waals surface area contributed by atoms with Crippen LogP contribution < -0.4 is 0 Å². The topological polar surface area (TPSA) is 56.5 Å². The minimum atomic E-state index is -0.531. The van der Waals surface area contributed by atoms with Gasteiger partial charge in [0, 0.05) is 9.86 Å². The van der Waals surface area contributed by atoms with Crippen molar-refractivity contribution in [3.8, 4) is 0 Å². The van der Waals surface area contributed by atoms with Gasteiger partial charge in [-0.2, -0.15) is 0 Å². The van der Waals surface area contributed by atoms with Gasteiger partial charge in [0.05, 0.1) is 12.2 Å². The standard InChI is InChI=1S/C12H9BrO4/c1-2-16-12(15)10-5-7-3-9(13)4-8(6-14)11(7)17-10/h3-6H,2H2,1H3. The Balaban J connectivity index is 2.56. The Hall–Kier alpha value is -1.62. The van der Waals surface area contributed by atoms with Gasteiger partial charge in [0.15, 0.2) is 6.29 Å². The molecule has 0 aliphatic heterocycles. The maximum absolute atomic E-state index is 11.5. The first-order chi connectivity index (χ1) is 8.15. The summed E-state index contributed by atoms with van der Waals surface area (Å²) in [5.41, 5.74) is 0.788. The first kappa shape index (κ1) is 11.9. The zero-order valence-electron chi connectivity index (χ0n) is 9.03. The van der Waals surface area contributed by atoms with E-state index < -0.39 is 5.97 Å². The summed E-state index contributed by atoms with van der Waals surface area (Å²) in [4.78, 5) is 22.4. The fraction of sp³-hybridized carbons (Fsp3) is 0.167. The molecule has 1 aromatic heterocycles. The molecule has 0 bridgehead atoms. The summed E-state index contributed by atoms with van der Waals surface area (Å²) in [6, 6.07) is 4.97. The fourth-order valence-corrected chi connectivity index (χ4v) is 2.03. The molecule has 0 saturated heterocycles. The molecule has 1 aromatic carbocycles. The largest absolute Gasteiger partial charge is 0.460 e. The highest BCUT2D eigenvalue weighted by Gasteiger charge is 2.15. The molecule has 5 heteroatoms. The van der Waals surface area contributed by atoms with E-state index in [1.54, 1.807) is 25.1 Å². The van der Waals surface area contributed by atoms with Gasteiger partial charge < -0.3 is 9.15 Å². The summed E-state index contributed by atoms with van der Waals surface area (Å²) >= 11 is 3.28. The number of fused-ring (bicyclic) bond motifs is 1. The lowest BCUT2D eigenvalue weighted by molar-refractivity contribution is 0.0492. The first-order valence-corrected chi connectivity index (χ1v) is 5.80. The predicted octanol–water partition coefficient (Wildman–Crippen LogP) is 3.18. The number of halogens is 1. The van der Waals surface area contributed by atoms with Gasteiger partial charge in [-0.15, -0.1) is 0 Å². The average Bonchev–Trinajstić information content (AvgIpc) is 2.71. The Labute approximate surface area is 106 Å². The maximum atomic E-state index is 11.5. The predicted molar refractivity (Wildman–Crippen MR) is 65.3 cm³/mol. The molecule has 2 aromatic rings. The molecule has 2 rings (SSSR count). The number of rotatable bonds is 3. The van der Waals surface area contributed by atoms with Crippen molar-refractivity contribution in [2.24, 2.45) is 0 Å². The fourth-order valence-electron chi connectivity index (χ4n) is 1.53. The number of aldehydes is 1. The molecule has 0 saturated carbocycles. The van der Waals surface area contributed by atoms with Crippen LogP contribution in [0.4, 0.5) is 0 Å². The van der Waals surface area contributed by atoms with Gasteiger partial charge in [-0.25, -0.2) is 4.79 Å². The summed E-state index contributed by atoms with van der Waals surface area (Å²) in [6.45, 7) is 1.99. The van der Waals surface area contributed by atoms with E-state index in [1.807, 2.05) is 0 Å². The molecule has 0 unspecified atom stereocenters. The van der Waals surface area contributed by atoms with E-state index in [9.17, 15) is 9.59 Å². The normalized spacial score (nSPS) is 10.5. The number of carbonyl (C=O) groups excluding carboxylic acids is 2. The minimum absolute atomic E-state index is 0.100. The Morgan fingerprint density at radius 3 is 2.88 bits per heavy atom. The highest BCUT2D eigenvalue weighted by Crippen LogP contribution is 2.26. The van der Waals surface area contributed by atoms with Crippen LogP contribution in [0.25, 0.3) is 11.0 Å². The molecule has 0 atom stereocenters. The van der Waals surface area contributed by atoms with Gasteiger partial charge in [-0.3, -0.25) is 4.79 Å². The number of ether oxygens (including phenoxy) is 1. The lowest BCUT2D eigenvalue weighted by Crippen LogP contribution is -2.02. The lowest BCUT2D eigenvalue weighted by Gasteiger charge is -1.96. The zero-order valence-corrected chi connectivity index (χ0v) is 10.6. The molecule has 0 aliphatic rings. The van der Waals surface area contributed by atoms with Gasteiger partial charge in [-0.1, -0.05) is 15.9 Å². The van der Waals surface area contributed by atoms with Crippen molar-refractivity contribution in [3.05, 3.63) is 34.0 Å². The molecule has 88 valence electrons.